The van der Waals surface area contributed by atoms with Gasteiger partial charge in [0, 0.05) is 6.42 Å². The number of carboxylic acids is 1. The van der Waals surface area contributed by atoms with Crippen LogP contribution < -0.4 is 4.74 Å². The van der Waals surface area contributed by atoms with Gasteiger partial charge in [-0.3, -0.25) is 4.79 Å². The fourth-order valence-corrected chi connectivity index (χ4v) is 1.86. The average Bonchev–Trinajstić information content (AvgIpc) is 2.53. The van der Waals surface area contributed by atoms with Crippen LogP contribution in [-0.2, 0) is 22.6 Å². The third kappa shape index (κ3) is 4.70. The Labute approximate surface area is 127 Å². The highest BCUT2D eigenvalue weighted by Gasteiger charge is 2.10. The SMILES string of the molecule is O=C(O)C(=O)CCc1ccc(OCc2ccc(F)cc2)cc1. The molecule has 0 aromatic heterocycles. The van der Waals surface area contributed by atoms with Crippen LogP contribution in [0.25, 0.3) is 0 Å². The minimum Gasteiger partial charge on any atom is -0.489 e. The highest BCUT2D eigenvalue weighted by atomic mass is 19.1. The molecular formula is C17H15FO4. The number of carbonyl (C=O) groups excluding carboxylic acids is 1. The second kappa shape index (κ2) is 7.36. The van der Waals surface area contributed by atoms with Crippen molar-refractivity contribution in [3.05, 3.63) is 65.5 Å². The van der Waals surface area contributed by atoms with E-state index in [0.717, 1.165) is 11.1 Å². The van der Waals surface area contributed by atoms with E-state index in [-0.39, 0.29) is 12.2 Å². The molecular weight excluding hydrogens is 287 g/mol. The normalized spacial score (nSPS) is 10.2. The van der Waals surface area contributed by atoms with E-state index in [0.29, 0.717) is 18.8 Å². The summed E-state index contributed by atoms with van der Waals surface area (Å²) in [6.07, 6.45) is 0.356. The van der Waals surface area contributed by atoms with E-state index < -0.39 is 11.8 Å². The number of Topliss-reactive ketones (excluding diaryl/α,β-unsaturated/α-hetero) is 1. The van der Waals surface area contributed by atoms with Crippen LogP contribution in [0, 0.1) is 5.82 Å². The molecule has 114 valence electrons. The summed E-state index contributed by atoms with van der Waals surface area (Å²) in [5.41, 5.74) is 1.72. The van der Waals surface area contributed by atoms with Crippen molar-refractivity contribution in [3.8, 4) is 5.75 Å². The third-order valence-electron chi connectivity index (χ3n) is 3.12. The van der Waals surface area contributed by atoms with Crippen LogP contribution in [0.1, 0.15) is 17.5 Å². The molecule has 0 heterocycles. The maximum absolute atomic E-state index is 12.8. The van der Waals surface area contributed by atoms with Crippen molar-refractivity contribution in [2.45, 2.75) is 19.4 Å². The van der Waals surface area contributed by atoms with Crippen LogP contribution in [0.5, 0.6) is 5.75 Å². The van der Waals surface area contributed by atoms with Crippen molar-refractivity contribution in [1.82, 2.24) is 0 Å². The molecule has 0 saturated heterocycles. The Morgan fingerprint density at radius 2 is 1.55 bits per heavy atom. The summed E-state index contributed by atoms with van der Waals surface area (Å²) >= 11 is 0. The Kier molecular flexibility index (Phi) is 5.25. The van der Waals surface area contributed by atoms with Gasteiger partial charge in [0.2, 0.25) is 5.78 Å². The van der Waals surface area contributed by atoms with Gasteiger partial charge in [-0.1, -0.05) is 24.3 Å². The maximum atomic E-state index is 12.8. The summed E-state index contributed by atoms with van der Waals surface area (Å²) in [6.45, 7) is 0.330. The van der Waals surface area contributed by atoms with Crippen molar-refractivity contribution < 1.29 is 23.8 Å². The maximum Gasteiger partial charge on any atom is 0.372 e. The Bertz CT molecular complexity index is 647. The van der Waals surface area contributed by atoms with Crippen molar-refractivity contribution >= 4 is 11.8 Å². The zero-order valence-corrected chi connectivity index (χ0v) is 11.8. The molecule has 0 radical (unpaired) electrons. The number of carbonyl (C=O) groups is 2. The summed E-state index contributed by atoms with van der Waals surface area (Å²) < 4.78 is 18.3. The Balaban J connectivity index is 1.85. The first-order valence-corrected chi connectivity index (χ1v) is 6.77. The van der Waals surface area contributed by atoms with E-state index in [1.165, 1.54) is 12.1 Å². The van der Waals surface area contributed by atoms with Gasteiger partial charge in [0.15, 0.2) is 0 Å². The third-order valence-corrected chi connectivity index (χ3v) is 3.12. The molecule has 5 heteroatoms. The Hall–Kier alpha value is -2.69. The van der Waals surface area contributed by atoms with Crippen LogP contribution in [0.2, 0.25) is 0 Å². The predicted molar refractivity (Wildman–Crippen MR) is 78.1 cm³/mol. The lowest BCUT2D eigenvalue weighted by Gasteiger charge is -2.07. The standard InChI is InChI=1S/C17H15FO4/c18-14-6-1-13(2-7-14)11-22-15-8-3-12(4-9-15)5-10-16(19)17(20)21/h1-4,6-9H,5,10-11H2,(H,20,21). The van der Waals surface area contributed by atoms with E-state index in [4.69, 9.17) is 9.84 Å². The quantitative estimate of drug-likeness (QED) is 0.799. The van der Waals surface area contributed by atoms with Gasteiger partial charge in [0.1, 0.15) is 18.2 Å². The summed E-state index contributed by atoms with van der Waals surface area (Å²) in [5, 5.41) is 8.51. The molecule has 0 aliphatic rings. The minimum atomic E-state index is -1.40. The van der Waals surface area contributed by atoms with Crippen LogP contribution in [-0.4, -0.2) is 16.9 Å². The number of hydrogen-bond donors (Lipinski definition) is 1. The molecule has 0 aliphatic heterocycles. The molecule has 0 amide bonds. The number of carboxylic acid groups (broad SMARTS) is 1. The molecule has 0 spiro atoms. The predicted octanol–water partition coefficient (Wildman–Crippen LogP) is 2.99. The number of aryl methyl sites for hydroxylation is 1. The molecule has 1 N–H and O–H groups in total. The van der Waals surface area contributed by atoms with Crippen molar-refractivity contribution in [2.24, 2.45) is 0 Å². The van der Waals surface area contributed by atoms with Crippen LogP contribution in [0.4, 0.5) is 4.39 Å². The highest BCUT2D eigenvalue weighted by molar-refractivity contribution is 6.32. The number of rotatable bonds is 7. The van der Waals surface area contributed by atoms with Gasteiger partial charge in [-0.2, -0.15) is 0 Å². The monoisotopic (exact) mass is 302 g/mol. The van der Waals surface area contributed by atoms with Crippen LogP contribution in [0.3, 0.4) is 0 Å². The van der Waals surface area contributed by atoms with Gasteiger partial charge in [-0.05, 0) is 41.8 Å². The number of hydrogen-bond acceptors (Lipinski definition) is 3. The molecule has 0 saturated carbocycles. The Morgan fingerprint density at radius 3 is 2.14 bits per heavy atom. The van der Waals surface area contributed by atoms with Gasteiger partial charge < -0.3 is 9.84 Å². The number of benzene rings is 2. The molecule has 0 unspecified atom stereocenters. The minimum absolute atomic E-state index is 0.0227. The zero-order valence-electron chi connectivity index (χ0n) is 11.8. The van der Waals surface area contributed by atoms with Crippen LogP contribution in [0.15, 0.2) is 48.5 Å². The number of halogens is 1. The number of ether oxygens (including phenoxy) is 1. The van der Waals surface area contributed by atoms with Gasteiger partial charge in [-0.25, -0.2) is 9.18 Å². The van der Waals surface area contributed by atoms with Crippen molar-refractivity contribution in [1.29, 1.82) is 0 Å². The van der Waals surface area contributed by atoms with Gasteiger partial charge in [0.25, 0.3) is 0 Å². The lowest BCUT2D eigenvalue weighted by molar-refractivity contribution is -0.149. The summed E-state index contributed by atoms with van der Waals surface area (Å²) in [5.74, 6) is -1.84. The first-order valence-electron chi connectivity index (χ1n) is 6.77. The first-order chi connectivity index (χ1) is 10.5. The largest absolute Gasteiger partial charge is 0.489 e. The summed E-state index contributed by atoms with van der Waals surface area (Å²) in [7, 11) is 0. The smallest absolute Gasteiger partial charge is 0.372 e. The molecule has 22 heavy (non-hydrogen) atoms. The Morgan fingerprint density at radius 1 is 0.955 bits per heavy atom. The summed E-state index contributed by atoms with van der Waals surface area (Å²) in [6, 6.07) is 13.1. The summed E-state index contributed by atoms with van der Waals surface area (Å²) in [4.78, 5) is 21.4. The molecule has 0 aliphatic carbocycles. The second-order valence-electron chi connectivity index (χ2n) is 4.79. The van der Waals surface area contributed by atoms with E-state index >= 15 is 0 Å². The number of aliphatic carboxylic acids is 1. The van der Waals surface area contributed by atoms with Gasteiger partial charge >= 0.3 is 5.97 Å². The fraction of sp³-hybridized carbons (Fsp3) is 0.176. The molecule has 4 nitrogen and oxygen atoms in total. The van der Waals surface area contributed by atoms with Crippen LogP contribution >= 0.6 is 0 Å². The van der Waals surface area contributed by atoms with Crippen molar-refractivity contribution in [2.75, 3.05) is 0 Å². The topological polar surface area (TPSA) is 63.6 Å². The van der Waals surface area contributed by atoms with E-state index in [1.54, 1.807) is 36.4 Å². The lowest BCUT2D eigenvalue weighted by atomic mass is 10.1. The zero-order chi connectivity index (χ0) is 15.9. The number of ketones is 1. The molecule has 0 bridgehead atoms. The van der Waals surface area contributed by atoms with E-state index in [2.05, 4.69) is 0 Å². The molecule has 0 fully saturated rings. The van der Waals surface area contributed by atoms with E-state index in [9.17, 15) is 14.0 Å². The second-order valence-corrected chi connectivity index (χ2v) is 4.79. The molecule has 0 atom stereocenters. The van der Waals surface area contributed by atoms with Gasteiger partial charge in [0.05, 0.1) is 0 Å². The fourth-order valence-electron chi connectivity index (χ4n) is 1.86. The lowest BCUT2D eigenvalue weighted by Crippen LogP contribution is -2.12. The first kappa shape index (κ1) is 15.7. The molecule has 2 rings (SSSR count). The molecule has 2 aromatic carbocycles. The van der Waals surface area contributed by atoms with Crippen molar-refractivity contribution in [3.63, 3.8) is 0 Å². The van der Waals surface area contributed by atoms with Gasteiger partial charge in [-0.15, -0.1) is 0 Å². The highest BCUT2D eigenvalue weighted by Crippen LogP contribution is 2.15. The average molecular weight is 302 g/mol. The van der Waals surface area contributed by atoms with E-state index in [1.807, 2.05) is 0 Å². The molecule has 2 aromatic rings.